The van der Waals surface area contributed by atoms with Crippen molar-refractivity contribution in [3.05, 3.63) is 41.4 Å². The van der Waals surface area contributed by atoms with Crippen molar-refractivity contribution in [2.75, 3.05) is 12.3 Å². The van der Waals surface area contributed by atoms with Gasteiger partial charge in [0.15, 0.2) is 0 Å². The Morgan fingerprint density at radius 1 is 1.26 bits per heavy atom. The van der Waals surface area contributed by atoms with E-state index in [9.17, 15) is 0 Å². The predicted octanol–water partition coefficient (Wildman–Crippen LogP) is 4.38. The Morgan fingerprint density at radius 3 is 2.58 bits per heavy atom. The fraction of sp³-hybridized carbons (Fsp3) is 0.250. The number of rotatable bonds is 5. The van der Waals surface area contributed by atoms with Gasteiger partial charge in [0.2, 0.25) is 0 Å². The molecule has 7 heteroatoms. The summed E-state index contributed by atoms with van der Waals surface area (Å²) in [5.41, 5.74) is 7.80. The Balaban J connectivity index is 0.000000550. The number of thiazole rings is 1. The third-order valence-electron chi connectivity index (χ3n) is 2.08. The molecule has 0 saturated carbocycles. The summed E-state index contributed by atoms with van der Waals surface area (Å²) in [5, 5.41) is 3.23. The first-order valence-corrected chi connectivity index (χ1v) is 11.5. The number of hydrogen-bond donors (Lipinski definition) is 1. The second-order valence-corrected chi connectivity index (χ2v) is 7.72. The molecule has 1 aromatic carbocycles. The van der Waals surface area contributed by atoms with Gasteiger partial charge in [0, 0.05) is 29.0 Å². The molecule has 0 saturated heterocycles. The van der Waals surface area contributed by atoms with Crippen molar-refractivity contribution in [2.24, 2.45) is 5.73 Å². The van der Waals surface area contributed by atoms with Gasteiger partial charge in [0.05, 0.1) is 5.69 Å². The number of aromatic nitrogens is 1. The maximum atomic E-state index is 5.45. The number of nitrogens with zero attached hydrogens (tertiary/aromatic N) is 1. The van der Waals surface area contributed by atoms with Crippen LogP contribution in [0.2, 0.25) is 0 Å². The quantitative estimate of drug-likeness (QED) is 0.568. The van der Waals surface area contributed by atoms with E-state index >= 15 is 0 Å². The van der Waals surface area contributed by atoms with Crippen molar-refractivity contribution in [2.45, 2.75) is 5.75 Å². The second kappa shape index (κ2) is 11.1. The van der Waals surface area contributed by atoms with E-state index in [0.717, 1.165) is 28.8 Å². The van der Waals surface area contributed by atoms with Crippen LogP contribution in [0.15, 0.2) is 35.7 Å². The molecule has 0 amide bonds. The van der Waals surface area contributed by atoms with Crippen LogP contribution < -0.4 is 5.73 Å². The van der Waals surface area contributed by atoms with Crippen LogP contribution in [-0.2, 0) is 21.7 Å². The van der Waals surface area contributed by atoms with Crippen LogP contribution in [0.1, 0.15) is 5.69 Å². The van der Waals surface area contributed by atoms with Gasteiger partial charge in [-0.25, -0.2) is 4.98 Å². The van der Waals surface area contributed by atoms with Gasteiger partial charge >= 0.3 is 35.0 Å². The number of nitrogens with two attached hydrogens (primary N) is 1. The topological polar surface area (TPSA) is 38.9 Å². The van der Waals surface area contributed by atoms with E-state index in [1.165, 1.54) is 5.56 Å². The molecule has 0 atom stereocenters. The molecule has 0 unspecified atom stereocenters. The van der Waals surface area contributed by atoms with Gasteiger partial charge in [0.25, 0.3) is 0 Å². The van der Waals surface area contributed by atoms with E-state index in [0.29, 0.717) is 0 Å². The van der Waals surface area contributed by atoms with Crippen LogP contribution >= 0.6 is 42.2 Å². The third-order valence-corrected chi connectivity index (χ3v) is 4.05. The molecule has 2 N–H and O–H groups in total. The Hall–Kier alpha value is 0.402. The number of thioether (sulfide) groups is 1. The molecule has 2 rings (SSSR count). The second-order valence-electron chi connectivity index (χ2n) is 3.40. The van der Waals surface area contributed by atoms with Gasteiger partial charge in [-0.3, -0.25) is 0 Å². The summed E-state index contributed by atoms with van der Waals surface area (Å²) in [6.07, 6.45) is 0. The monoisotopic (exact) mass is 426 g/mol. The van der Waals surface area contributed by atoms with Gasteiger partial charge < -0.3 is 5.73 Å². The molecule has 0 fully saturated rings. The van der Waals surface area contributed by atoms with E-state index < -0.39 is 0 Å². The van der Waals surface area contributed by atoms with Gasteiger partial charge in [-0.1, -0.05) is 30.3 Å². The average Bonchev–Trinajstić information content (AvgIpc) is 2.90. The zero-order chi connectivity index (χ0) is 13.9. The van der Waals surface area contributed by atoms with Crippen LogP contribution in [0, 0.1) is 0 Å². The van der Waals surface area contributed by atoms with E-state index in [2.05, 4.69) is 22.5 Å². The summed E-state index contributed by atoms with van der Waals surface area (Å²) in [4.78, 5) is 4.61. The Kier molecular flexibility index (Phi) is 10.2. The maximum absolute atomic E-state index is 5.45. The SMILES string of the molecule is NCCSCc1csc(-c2ccccc2)n1.[Cl][Pd][Cl]. The van der Waals surface area contributed by atoms with Crippen LogP contribution in [0.25, 0.3) is 10.6 Å². The van der Waals surface area contributed by atoms with Crippen molar-refractivity contribution >= 4 is 42.2 Å². The zero-order valence-corrected chi connectivity index (χ0v) is 14.7. The first-order valence-electron chi connectivity index (χ1n) is 5.41. The predicted molar refractivity (Wildman–Crippen MR) is 84.5 cm³/mol. The van der Waals surface area contributed by atoms with E-state index in [4.69, 9.17) is 24.8 Å². The summed E-state index contributed by atoms with van der Waals surface area (Å²) >= 11 is 3.43. The Morgan fingerprint density at radius 2 is 1.95 bits per heavy atom. The minimum absolute atomic E-state index is 0.106. The summed E-state index contributed by atoms with van der Waals surface area (Å²) in [5.74, 6) is 1.96. The van der Waals surface area contributed by atoms with E-state index in [1.54, 1.807) is 11.3 Å². The molecule has 0 aliphatic rings. The average molecular weight is 428 g/mol. The van der Waals surface area contributed by atoms with Crippen LogP contribution in [0.4, 0.5) is 0 Å². The molecule has 0 radical (unpaired) electrons. The van der Waals surface area contributed by atoms with Gasteiger partial charge in [-0.15, -0.1) is 11.3 Å². The first kappa shape index (κ1) is 17.5. The molecule has 2 aromatic rings. The molecule has 1 aromatic heterocycles. The third kappa shape index (κ3) is 7.10. The summed E-state index contributed by atoms with van der Waals surface area (Å²) < 4.78 is 0. The standard InChI is InChI=1S/C12H14N2S2.2ClH.Pd/c13-6-7-15-8-11-9-16-12(14-11)10-4-2-1-3-5-10;;;/h1-5,9H,6-8,13H2;2*1H;/q;;;+2/p-2. The van der Waals surface area contributed by atoms with Gasteiger partial charge in [0.1, 0.15) is 5.01 Å². The molecule has 0 spiro atoms. The van der Waals surface area contributed by atoms with Crippen LogP contribution in [0.3, 0.4) is 0 Å². The minimum atomic E-state index is -0.106. The van der Waals surface area contributed by atoms with Crippen molar-refractivity contribution in [1.82, 2.24) is 4.98 Å². The van der Waals surface area contributed by atoms with Crippen LogP contribution in [-0.4, -0.2) is 17.3 Å². The molecule has 19 heavy (non-hydrogen) atoms. The van der Waals surface area contributed by atoms with Crippen molar-refractivity contribution in [1.29, 1.82) is 0 Å². The van der Waals surface area contributed by atoms with E-state index in [-0.39, 0.29) is 15.9 Å². The van der Waals surface area contributed by atoms with Gasteiger partial charge in [-0.2, -0.15) is 11.8 Å². The van der Waals surface area contributed by atoms with E-state index in [1.807, 2.05) is 30.0 Å². The molecule has 108 valence electrons. The van der Waals surface area contributed by atoms with Crippen molar-refractivity contribution in [3.8, 4) is 10.6 Å². The number of halogens is 2. The number of hydrogen-bond acceptors (Lipinski definition) is 4. The molecule has 2 nitrogen and oxygen atoms in total. The first-order chi connectivity index (χ1) is 9.31. The Labute approximate surface area is 138 Å². The van der Waals surface area contributed by atoms with Crippen molar-refractivity contribution < 1.29 is 15.9 Å². The molecular formula is C12H14Cl2N2PdS2. The summed E-state index contributed by atoms with van der Waals surface area (Å²) in [7, 11) is 9.63. The van der Waals surface area contributed by atoms with Gasteiger partial charge in [-0.05, 0) is 0 Å². The normalized spacial score (nSPS) is 10.1. The summed E-state index contributed by atoms with van der Waals surface area (Å²) in [6, 6.07) is 10.3. The fourth-order valence-corrected chi connectivity index (χ4v) is 2.95. The number of benzene rings is 1. The van der Waals surface area contributed by atoms with Crippen molar-refractivity contribution in [3.63, 3.8) is 0 Å². The molecule has 0 aliphatic heterocycles. The fourth-order valence-electron chi connectivity index (χ4n) is 1.35. The Bertz CT molecular complexity index is 454. The molecule has 1 heterocycles. The zero-order valence-electron chi connectivity index (χ0n) is 10.00. The summed E-state index contributed by atoms with van der Waals surface area (Å²) in [6.45, 7) is 0.736. The van der Waals surface area contributed by atoms with Crippen LogP contribution in [0.5, 0.6) is 0 Å². The molecular weight excluding hydrogens is 414 g/mol. The molecule has 0 aliphatic carbocycles. The molecule has 0 bridgehead atoms.